The van der Waals surface area contributed by atoms with Crippen molar-refractivity contribution in [1.29, 1.82) is 0 Å². The zero-order valence-electron chi connectivity index (χ0n) is 14.0. The van der Waals surface area contributed by atoms with E-state index in [1.165, 1.54) is 32.9 Å². The minimum atomic E-state index is 0. The largest absolute Gasteiger partial charge is 0.496 e. The van der Waals surface area contributed by atoms with Crippen LogP contribution < -0.4 is 20.1 Å². The smallest absolute Gasteiger partial charge is 0.122 e. The number of halogens is 1. The number of ether oxygens (including phenoxy) is 2. The molecule has 0 aromatic heterocycles. The molecule has 0 unspecified atom stereocenters. The SMILES string of the molecule is COc1cc(C)c(Pc2cc(C)c(OC)cc2C)cc1C.Cl. The number of hydrogen-bond acceptors (Lipinski definition) is 2. The minimum Gasteiger partial charge on any atom is -0.496 e. The van der Waals surface area contributed by atoms with Crippen LogP contribution in [-0.2, 0) is 0 Å². The molecule has 0 N–H and O–H groups in total. The van der Waals surface area contributed by atoms with Crippen molar-refractivity contribution >= 4 is 31.6 Å². The maximum absolute atomic E-state index is 5.39. The third-order valence-corrected chi connectivity index (χ3v) is 5.37. The number of aryl methyl sites for hydroxylation is 4. The van der Waals surface area contributed by atoms with Crippen molar-refractivity contribution in [3.8, 4) is 11.5 Å². The molecular weight excluding hydrogens is 315 g/mol. The van der Waals surface area contributed by atoms with E-state index in [0.29, 0.717) is 8.58 Å². The summed E-state index contributed by atoms with van der Waals surface area (Å²) < 4.78 is 10.8. The summed E-state index contributed by atoms with van der Waals surface area (Å²) in [5.74, 6) is 1.92. The van der Waals surface area contributed by atoms with Crippen molar-refractivity contribution in [2.24, 2.45) is 0 Å². The topological polar surface area (TPSA) is 18.5 Å². The van der Waals surface area contributed by atoms with Gasteiger partial charge >= 0.3 is 0 Å². The first-order valence-corrected chi connectivity index (χ1v) is 8.03. The molecule has 0 atom stereocenters. The second kappa shape index (κ2) is 7.85. The summed E-state index contributed by atoms with van der Waals surface area (Å²) in [5, 5.41) is 2.75. The van der Waals surface area contributed by atoms with Gasteiger partial charge in [-0.2, -0.15) is 0 Å². The monoisotopic (exact) mass is 338 g/mol. The van der Waals surface area contributed by atoms with Gasteiger partial charge < -0.3 is 9.47 Å². The Morgan fingerprint density at radius 2 is 1.00 bits per heavy atom. The van der Waals surface area contributed by atoms with Gasteiger partial charge in [0.15, 0.2) is 0 Å². The highest BCUT2D eigenvalue weighted by molar-refractivity contribution is 7.55. The molecule has 0 saturated carbocycles. The molecule has 2 aromatic rings. The van der Waals surface area contributed by atoms with Crippen LogP contribution in [0.4, 0.5) is 0 Å². The lowest BCUT2D eigenvalue weighted by atomic mass is 10.1. The van der Waals surface area contributed by atoms with Crippen LogP contribution in [0.1, 0.15) is 22.3 Å². The van der Waals surface area contributed by atoms with E-state index in [1.54, 1.807) is 14.2 Å². The van der Waals surface area contributed by atoms with Crippen LogP contribution >= 0.6 is 21.0 Å². The zero-order chi connectivity index (χ0) is 15.6. The highest BCUT2D eigenvalue weighted by Crippen LogP contribution is 2.26. The molecule has 0 saturated heterocycles. The van der Waals surface area contributed by atoms with E-state index < -0.39 is 0 Å². The predicted molar refractivity (Wildman–Crippen MR) is 99.8 cm³/mol. The molecule has 22 heavy (non-hydrogen) atoms. The van der Waals surface area contributed by atoms with Crippen LogP contribution in [0.2, 0.25) is 0 Å². The molecule has 0 heterocycles. The average Bonchev–Trinajstić information content (AvgIpc) is 2.45. The van der Waals surface area contributed by atoms with Crippen LogP contribution in [0.5, 0.6) is 11.5 Å². The molecule has 0 amide bonds. The van der Waals surface area contributed by atoms with Crippen LogP contribution in [0, 0.1) is 27.7 Å². The Morgan fingerprint density at radius 1 is 0.636 bits per heavy atom. The summed E-state index contributed by atoms with van der Waals surface area (Å²) in [7, 11) is 4.10. The summed E-state index contributed by atoms with van der Waals surface area (Å²) in [6.45, 7) is 8.49. The van der Waals surface area contributed by atoms with Gasteiger partial charge in [-0.3, -0.25) is 0 Å². The molecule has 0 aliphatic carbocycles. The molecule has 0 fully saturated rings. The summed E-state index contributed by atoms with van der Waals surface area (Å²) in [4.78, 5) is 0. The summed E-state index contributed by atoms with van der Waals surface area (Å²) in [5.41, 5.74) is 4.94. The molecule has 0 radical (unpaired) electrons. The first-order chi connectivity index (χ1) is 9.96. The van der Waals surface area contributed by atoms with Crippen molar-refractivity contribution in [2.45, 2.75) is 27.7 Å². The van der Waals surface area contributed by atoms with E-state index >= 15 is 0 Å². The molecule has 0 aliphatic heterocycles. The fraction of sp³-hybridized carbons (Fsp3) is 0.333. The molecule has 0 aliphatic rings. The molecule has 0 spiro atoms. The van der Waals surface area contributed by atoms with Gasteiger partial charge in [-0.25, -0.2) is 0 Å². The molecular formula is C18H24ClO2P. The standard InChI is InChI=1S/C18H23O2P.ClH/c1-11-9-17(13(3)7-15(11)19-5)21-18-10-12(2)16(20-6)8-14(18)4;/h7-10,21H,1-6H3;1H. The number of rotatable bonds is 4. The molecule has 2 rings (SSSR count). The fourth-order valence-electron chi connectivity index (χ4n) is 2.43. The zero-order valence-corrected chi connectivity index (χ0v) is 15.9. The van der Waals surface area contributed by atoms with Crippen molar-refractivity contribution in [3.05, 3.63) is 46.5 Å². The van der Waals surface area contributed by atoms with Crippen molar-refractivity contribution in [1.82, 2.24) is 0 Å². The van der Waals surface area contributed by atoms with Gasteiger partial charge in [-0.15, -0.1) is 12.4 Å². The Hall–Kier alpha value is -1.24. The second-order valence-electron chi connectivity index (χ2n) is 5.40. The Labute approximate surface area is 141 Å². The molecule has 0 bridgehead atoms. The van der Waals surface area contributed by atoms with Crippen LogP contribution in [0.3, 0.4) is 0 Å². The lowest BCUT2D eigenvalue weighted by molar-refractivity contribution is 0.411. The predicted octanol–water partition coefficient (Wildman–Crippen LogP) is 3.99. The van der Waals surface area contributed by atoms with Gasteiger partial charge in [0.05, 0.1) is 14.2 Å². The van der Waals surface area contributed by atoms with Gasteiger partial charge in [0.25, 0.3) is 0 Å². The maximum Gasteiger partial charge on any atom is 0.122 e. The van der Waals surface area contributed by atoms with E-state index in [2.05, 4.69) is 52.0 Å². The van der Waals surface area contributed by atoms with Crippen molar-refractivity contribution in [3.63, 3.8) is 0 Å². The first-order valence-electron chi connectivity index (χ1n) is 7.03. The van der Waals surface area contributed by atoms with Crippen molar-refractivity contribution in [2.75, 3.05) is 14.2 Å². The number of benzene rings is 2. The second-order valence-corrected chi connectivity index (χ2v) is 6.73. The summed E-state index contributed by atoms with van der Waals surface area (Å²) in [6, 6.07) is 8.74. The Kier molecular flexibility index (Phi) is 6.71. The minimum absolute atomic E-state index is 0. The maximum atomic E-state index is 5.39. The third kappa shape index (κ3) is 3.94. The van der Waals surface area contributed by atoms with Gasteiger partial charge in [-0.05, 0) is 84.8 Å². The number of methoxy groups -OCH3 is 2. The van der Waals surface area contributed by atoms with Crippen molar-refractivity contribution < 1.29 is 9.47 Å². The summed E-state index contributed by atoms with van der Waals surface area (Å²) >= 11 is 0. The quantitative estimate of drug-likeness (QED) is 0.785. The van der Waals surface area contributed by atoms with Gasteiger partial charge in [0.1, 0.15) is 11.5 Å². The third-order valence-electron chi connectivity index (χ3n) is 3.75. The first kappa shape index (κ1) is 18.8. The van der Waals surface area contributed by atoms with E-state index in [1.807, 2.05) is 0 Å². The average molecular weight is 339 g/mol. The molecule has 2 nitrogen and oxygen atoms in total. The van der Waals surface area contributed by atoms with Gasteiger partial charge in [0.2, 0.25) is 0 Å². The van der Waals surface area contributed by atoms with E-state index in [9.17, 15) is 0 Å². The molecule has 2 aromatic carbocycles. The van der Waals surface area contributed by atoms with Gasteiger partial charge in [0, 0.05) is 0 Å². The lowest BCUT2D eigenvalue weighted by Gasteiger charge is -2.14. The van der Waals surface area contributed by atoms with E-state index in [0.717, 1.165) is 11.5 Å². The fourth-order valence-corrected chi connectivity index (χ4v) is 3.84. The van der Waals surface area contributed by atoms with Gasteiger partial charge in [-0.1, -0.05) is 8.58 Å². The van der Waals surface area contributed by atoms with Crippen LogP contribution in [-0.4, -0.2) is 14.2 Å². The highest BCUT2D eigenvalue weighted by atomic mass is 35.5. The van der Waals surface area contributed by atoms with E-state index in [4.69, 9.17) is 9.47 Å². The Bertz CT molecular complexity index is 611. The number of hydrogen-bond donors (Lipinski definition) is 0. The van der Waals surface area contributed by atoms with Crippen LogP contribution in [0.15, 0.2) is 24.3 Å². The molecule has 120 valence electrons. The Balaban J connectivity index is 0.00000242. The highest BCUT2D eigenvalue weighted by Gasteiger charge is 2.09. The van der Waals surface area contributed by atoms with E-state index in [-0.39, 0.29) is 12.4 Å². The summed E-state index contributed by atoms with van der Waals surface area (Å²) in [6.07, 6.45) is 0. The normalized spacial score (nSPS) is 10.1. The Morgan fingerprint density at radius 3 is 1.32 bits per heavy atom. The lowest BCUT2D eigenvalue weighted by Crippen LogP contribution is -2.11. The van der Waals surface area contributed by atoms with Crippen LogP contribution in [0.25, 0.3) is 0 Å². The molecule has 4 heteroatoms.